The normalized spacial score (nSPS) is 23.8. The van der Waals surface area contributed by atoms with Crippen LogP contribution in [0.25, 0.3) is 0 Å². The predicted octanol–water partition coefficient (Wildman–Crippen LogP) is 1.78. The van der Waals surface area contributed by atoms with Gasteiger partial charge in [-0.2, -0.15) is 0 Å². The maximum atomic E-state index is 12.5. The van der Waals surface area contributed by atoms with E-state index in [-0.39, 0.29) is 12.0 Å². The van der Waals surface area contributed by atoms with Crippen molar-refractivity contribution in [2.75, 3.05) is 26.2 Å². The van der Waals surface area contributed by atoms with Crippen LogP contribution in [0.3, 0.4) is 0 Å². The average molecular weight is 256 g/mol. The highest BCUT2D eigenvalue weighted by Gasteiger charge is 2.35. The van der Waals surface area contributed by atoms with E-state index in [1.54, 1.807) is 0 Å². The van der Waals surface area contributed by atoms with Gasteiger partial charge >= 0.3 is 0 Å². The fraction of sp³-hybridized carbons (Fsp3) is 0.929. The lowest BCUT2D eigenvalue weighted by molar-refractivity contribution is -0.145. The minimum atomic E-state index is -0.410. The summed E-state index contributed by atoms with van der Waals surface area (Å²) >= 11 is 0. The highest BCUT2D eigenvalue weighted by atomic mass is 16.5. The lowest BCUT2D eigenvalue weighted by atomic mass is 9.85. The smallest absolute Gasteiger partial charge is 0.229 e. The van der Waals surface area contributed by atoms with Crippen LogP contribution in [-0.2, 0) is 9.53 Å². The number of nitrogens with two attached hydrogens (primary N) is 1. The molecule has 0 radical (unpaired) electrons. The van der Waals surface area contributed by atoms with Gasteiger partial charge in [-0.05, 0) is 32.6 Å². The molecule has 4 heteroatoms. The van der Waals surface area contributed by atoms with Gasteiger partial charge < -0.3 is 15.4 Å². The Morgan fingerprint density at radius 2 is 2.22 bits per heavy atom. The van der Waals surface area contributed by atoms with Crippen molar-refractivity contribution >= 4 is 5.91 Å². The summed E-state index contributed by atoms with van der Waals surface area (Å²) in [5.41, 5.74) is 5.35. The zero-order valence-corrected chi connectivity index (χ0v) is 12.1. The Kier molecular flexibility index (Phi) is 6.09. The highest BCUT2D eigenvalue weighted by Crippen LogP contribution is 2.25. The Bertz CT molecular complexity index is 265. The van der Waals surface area contributed by atoms with Crippen LogP contribution in [-0.4, -0.2) is 43.2 Å². The zero-order chi connectivity index (χ0) is 13.6. The van der Waals surface area contributed by atoms with Crippen LogP contribution in [0.15, 0.2) is 0 Å². The number of carbonyl (C=O) groups is 1. The van der Waals surface area contributed by atoms with Crippen molar-refractivity contribution in [3.05, 3.63) is 0 Å². The van der Waals surface area contributed by atoms with E-state index in [1.165, 1.54) is 0 Å². The second kappa shape index (κ2) is 7.10. The predicted molar refractivity (Wildman–Crippen MR) is 73.3 cm³/mol. The molecule has 2 N–H and O–H groups in total. The maximum Gasteiger partial charge on any atom is 0.229 e. The molecular weight excluding hydrogens is 228 g/mol. The van der Waals surface area contributed by atoms with Gasteiger partial charge in [-0.1, -0.05) is 13.8 Å². The summed E-state index contributed by atoms with van der Waals surface area (Å²) < 4.78 is 5.77. The molecule has 1 heterocycles. The second-order valence-electron chi connectivity index (χ2n) is 5.50. The summed E-state index contributed by atoms with van der Waals surface area (Å²) in [7, 11) is 0. The Hall–Kier alpha value is -0.610. The summed E-state index contributed by atoms with van der Waals surface area (Å²) in [5.74, 6) is 0.192. The quantitative estimate of drug-likeness (QED) is 0.788. The molecule has 0 bridgehead atoms. The molecule has 2 unspecified atom stereocenters. The number of rotatable bonds is 6. The Balaban J connectivity index is 2.57. The van der Waals surface area contributed by atoms with Gasteiger partial charge in [0, 0.05) is 26.2 Å². The number of carbonyl (C=O) groups excluding carboxylic acids is 1. The molecule has 1 amide bonds. The molecule has 1 rings (SSSR count). The van der Waals surface area contributed by atoms with Gasteiger partial charge in [0.05, 0.1) is 11.5 Å². The first-order valence-corrected chi connectivity index (χ1v) is 7.18. The first kappa shape index (κ1) is 15.4. The molecule has 2 atom stereocenters. The first-order chi connectivity index (χ1) is 8.57. The van der Waals surface area contributed by atoms with Crippen LogP contribution in [0.1, 0.15) is 46.5 Å². The van der Waals surface area contributed by atoms with Crippen LogP contribution in [0, 0.1) is 5.41 Å². The lowest BCUT2D eigenvalue weighted by Crippen LogP contribution is -2.51. The largest absolute Gasteiger partial charge is 0.376 e. The van der Waals surface area contributed by atoms with Crippen molar-refractivity contribution in [2.45, 2.75) is 52.6 Å². The molecule has 18 heavy (non-hydrogen) atoms. The summed E-state index contributed by atoms with van der Waals surface area (Å²) in [6.45, 7) is 8.88. The van der Waals surface area contributed by atoms with Gasteiger partial charge in [-0.25, -0.2) is 0 Å². The lowest BCUT2D eigenvalue weighted by Gasteiger charge is -2.38. The Labute approximate surface area is 111 Å². The van der Waals surface area contributed by atoms with E-state index in [9.17, 15) is 4.79 Å². The molecule has 1 saturated heterocycles. The maximum absolute atomic E-state index is 12.5. The van der Waals surface area contributed by atoms with E-state index < -0.39 is 5.41 Å². The molecule has 0 aliphatic carbocycles. The summed E-state index contributed by atoms with van der Waals surface area (Å²) in [4.78, 5) is 14.4. The van der Waals surface area contributed by atoms with Crippen molar-refractivity contribution in [1.82, 2.24) is 4.90 Å². The molecule has 1 aliphatic heterocycles. The van der Waals surface area contributed by atoms with Gasteiger partial charge in [0.2, 0.25) is 5.91 Å². The Morgan fingerprint density at radius 3 is 2.78 bits per heavy atom. The fourth-order valence-corrected chi connectivity index (χ4v) is 2.31. The Morgan fingerprint density at radius 1 is 1.50 bits per heavy atom. The summed E-state index contributed by atoms with van der Waals surface area (Å²) in [5, 5.41) is 0. The van der Waals surface area contributed by atoms with Crippen molar-refractivity contribution in [2.24, 2.45) is 11.1 Å². The van der Waals surface area contributed by atoms with Gasteiger partial charge in [0.1, 0.15) is 0 Å². The summed E-state index contributed by atoms with van der Waals surface area (Å²) in [6.07, 6.45) is 4.13. The first-order valence-electron chi connectivity index (χ1n) is 7.18. The van der Waals surface area contributed by atoms with E-state index in [4.69, 9.17) is 10.5 Å². The molecule has 106 valence electrons. The van der Waals surface area contributed by atoms with E-state index in [0.29, 0.717) is 6.54 Å². The molecule has 1 aliphatic rings. The molecule has 0 spiro atoms. The van der Waals surface area contributed by atoms with Crippen molar-refractivity contribution in [1.29, 1.82) is 0 Å². The number of piperidine rings is 1. The average Bonchev–Trinajstić information content (AvgIpc) is 2.43. The monoisotopic (exact) mass is 256 g/mol. The standard InChI is InChI=1S/C14H28N2O2/c1-4-9-18-12-7-6-8-16(10-12)13(17)14(3,5-2)11-15/h12H,4-11,15H2,1-3H3. The number of amides is 1. The van der Waals surface area contributed by atoms with E-state index >= 15 is 0 Å². The van der Waals surface area contributed by atoms with Gasteiger partial charge in [-0.3, -0.25) is 4.79 Å². The van der Waals surface area contributed by atoms with Crippen LogP contribution in [0.5, 0.6) is 0 Å². The number of likely N-dealkylation sites (tertiary alicyclic amines) is 1. The van der Waals surface area contributed by atoms with Crippen molar-refractivity contribution in [3.8, 4) is 0 Å². The van der Waals surface area contributed by atoms with Gasteiger partial charge in [0.25, 0.3) is 0 Å². The number of hydrogen-bond acceptors (Lipinski definition) is 3. The number of hydrogen-bond donors (Lipinski definition) is 1. The fourth-order valence-electron chi connectivity index (χ4n) is 2.31. The number of ether oxygens (including phenoxy) is 1. The van der Waals surface area contributed by atoms with Crippen LogP contribution >= 0.6 is 0 Å². The minimum absolute atomic E-state index is 0.192. The van der Waals surface area contributed by atoms with E-state index in [0.717, 1.165) is 45.4 Å². The van der Waals surface area contributed by atoms with E-state index in [1.807, 2.05) is 18.7 Å². The van der Waals surface area contributed by atoms with E-state index in [2.05, 4.69) is 6.92 Å². The molecule has 4 nitrogen and oxygen atoms in total. The van der Waals surface area contributed by atoms with Crippen LogP contribution in [0.4, 0.5) is 0 Å². The van der Waals surface area contributed by atoms with Crippen LogP contribution < -0.4 is 5.73 Å². The SMILES string of the molecule is CCCOC1CCCN(C(=O)C(C)(CC)CN)C1. The van der Waals surface area contributed by atoms with Crippen molar-refractivity contribution < 1.29 is 9.53 Å². The number of nitrogens with zero attached hydrogens (tertiary/aromatic N) is 1. The minimum Gasteiger partial charge on any atom is -0.376 e. The van der Waals surface area contributed by atoms with Crippen molar-refractivity contribution in [3.63, 3.8) is 0 Å². The molecule has 0 saturated carbocycles. The second-order valence-corrected chi connectivity index (χ2v) is 5.50. The third kappa shape index (κ3) is 3.69. The topological polar surface area (TPSA) is 55.6 Å². The summed E-state index contributed by atoms with van der Waals surface area (Å²) in [6, 6.07) is 0. The van der Waals surface area contributed by atoms with Crippen LogP contribution in [0.2, 0.25) is 0 Å². The molecule has 0 aromatic rings. The third-order valence-corrected chi connectivity index (χ3v) is 3.97. The van der Waals surface area contributed by atoms with Gasteiger partial charge in [-0.15, -0.1) is 0 Å². The molecule has 1 fully saturated rings. The molecular formula is C14H28N2O2. The third-order valence-electron chi connectivity index (χ3n) is 3.97. The highest BCUT2D eigenvalue weighted by molar-refractivity contribution is 5.82. The molecule has 0 aromatic carbocycles. The molecule has 0 aromatic heterocycles. The van der Waals surface area contributed by atoms with Gasteiger partial charge in [0.15, 0.2) is 0 Å². The zero-order valence-electron chi connectivity index (χ0n) is 12.1.